The molecule has 1 aromatic heterocycles. The summed E-state index contributed by atoms with van der Waals surface area (Å²) in [4.78, 5) is 38.7. The van der Waals surface area contributed by atoms with Gasteiger partial charge in [0.2, 0.25) is 0 Å². The predicted molar refractivity (Wildman–Crippen MR) is 138 cm³/mol. The van der Waals surface area contributed by atoms with Crippen molar-refractivity contribution in [1.82, 2.24) is 5.32 Å². The molecule has 0 unspecified atom stereocenters. The van der Waals surface area contributed by atoms with Crippen LogP contribution in [0, 0.1) is 0 Å². The number of thiocarbonyl (C=S) groups is 1. The van der Waals surface area contributed by atoms with Crippen LogP contribution in [-0.4, -0.2) is 22.6 Å². The fourth-order valence-corrected chi connectivity index (χ4v) is 4.46. The van der Waals surface area contributed by atoms with Crippen molar-refractivity contribution in [2.75, 3.05) is 5.32 Å². The van der Waals surface area contributed by atoms with Crippen LogP contribution in [0.2, 0.25) is 10.0 Å². The lowest BCUT2D eigenvalue weighted by Gasteiger charge is -2.20. The number of ketones is 2. The fraction of sp³-hybridized carbons (Fsp3) is 0. The minimum absolute atomic E-state index is 0.00420. The Balaban J connectivity index is 1.35. The van der Waals surface area contributed by atoms with Gasteiger partial charge < -0.3 is 9.73 Å². The lowest BCUT2D eigenvalue weighted by Crippen LogP contribution is -2.34. The van der Waals surface area contributed by atoms with Gasteiger partial charge in [-0.15, -0.1) is 0 Å². The second-order valence-electron chi connectivity index (χ2n) is 7.61. The fourth-order valence-electron chi connectivity index (χ4n) is 3.87. The summed E-state index contributed by atoms with van der Waals surface area (Å²) in [7, 11) is 0. The van der Waals surface area contributed by atoms with E-state index in [0.29, 0.717) is 38.2 Å². The van der Waals surface area contributed by atoms with Crippen LogP contribution in [0.3, 0.4) is 0 Å². The molecule has 1 aliphatic rings. The SMILES string of the molecule is O=C(NC(=S)Nc1cccc2c1C(=O)c1ccccc1C2=O)c1ccc(-c2cccc(Cl)c2Cl)o1. The number of halogens is 2. The Labute approximate surface area is 214 Å². The van der Waals surface area contributed by atoms with Crippen LogP contribution in [0.25, 0.3) is 11.3 Å². The number of carbonyl (C=O) groups is 3. The molecule has 1 heterocycles. The highest BCUT2D eigenvalue weighted by Crippen LogP contribution is 2.34. The molecular weight excluding hydrogens is 507 g/mol. The van der Waals surface area contributed by atoms with Crippen molar-refractivity contribution in [2.45, 2.75) is 0 Å². The molecule has 1 amide bonds. The van der Waals surface area contributed by atoms with Gasteiger partial charge in [0.05, 0.1) is 21.3 Å². The Morgan fingerprint density at radius 2 is 1.43 bits per heavy atom. The van der Waals surface area contributed by atoms with Gasteiger partial charge >= 0.3 is 0 Å². The second kappa shape index (κ2) is 9.11. The summed E-state index contributed by atoms with van der Waals surface area (Å²) in [5, 5.41) is 5.97. The summed E-state index contributed by atoms with van der Waals surface area (Å²) in [5.41, 5.74) is 1.99. The van der Waals surface area contributed by atoms with Crippen molar-refractivity contribution >= 4 is 63.7 Å². The summed E-state index contributed by atoms with van der Waals surface area (Å²) in [5.74, 6) is -0.806. The average molecular weight is 521 g/mol. The van der Waals surface area contributed by atoms with Gasteiger partial charge in [-0.2, -0.15) is 0 Å². The summed E-state index contributed by atoms with van der Waals surface area (Å²) in [6.07, 6.45) is 0. The summed E-state index contributed by atoms with van der Waals surface area (Å²) >= 11 is 17.6. The third kappa shape index (κ3) is 4.14. The van der Waals surface area contributed by atoms with E-state index in [9.17, 15) is 14.4 Å². The maximum atomic E-state index is 13.1. The number of furan rings is 1. The third-order valence-electron chi connectivity index (χ3n) is 5.47. The van der Waals surface area contributed by atoms with Gasteiger partial charge in [0.25, 0.3) is 5.91 Å². The van der Waals surface area contributed by atoms with E-state index >= 15 is 0 Å². The molecule has 9 heteroatoms. The lowest BCUT2D eigenvalue weighted by molar-refractivity contribution is 0.0950. The number of anilines is 1. The number of nitrogens with one attached hydrogen (secondary N) is 2. The molecular formula is C26H14Cl2N2O4S. The smallest absolute Gasteiger partial charge is 0.293 e. The molecule has 35 heavy (non-hydrogen) atoms. The normalized spacial score (nSPS) is 12.1. The first-order valence-electron chi connectivity index (χ1n) is 10.3. The molecule has 0 saturated carbocycles. The molecule has 0 saturated heterocycles. The monoisotopic (exact) mass is 520 g/mol. The number of rotatable bonds is 3. The van der Waals surface area contributed by atoms with E-state index in [-0.39, 0.29) is 33.6 Å². The van der Waals surface area contributed by atoms with Gasteiger partial charge in [-0.3, -0.25) is 19.7 Å². The molecule has 0 radical (unpaired) electrons. The van der Waals surface area contributed by atoms with Crippen LogP contribution in [0.1, 0.15) is 42.4 Å². The highest BCUT2D eigenvalue weighted by atomic mass is 35.5. The minimum atomic E-state index is -0.607. The van der Waals surface area contributed by atoms with Crippen LogP contribution in [-0.2, 0) is 0 Å². The van der Waals surface area contributed by atoms with Crippen LogP contribution < -0.4 is 10.6 Å². The number of hydrogen-bond acceptors (Lipinski definition) is 5. The quantitative estimate of drug-likeness (QED) is 0.277. The van der Waals surface area contributed by atoms with Crippen molar-refractivity contribution in [2.24, 2.45) is 0 Å². The zero-order chi connectivity index (χ0) is 24.7. The van der Waals surface area contributed by atoms with Crippen molar-refractivity contribution in [3.05, 3.63) is 111 Å². The largest absolute Gasteiger partial charge is 0.451 e. The Morgan fingerprint density at radius 1 is 0.771 bits per heavy atom. The summed E-state index contributed by atoms with van der Waals surface area (Å²) in [6.45, 7) is 0. The van der Waals surface area contributed by atoms with Gasteiger partial charge in [0.15, 0.2) is 22.4 Å². The Morgan fingerprint density at radius 3 is 2.20 bits per heavy atom. The molecule has 4 aromatic rings. The molecule has 0 bridgehead atoms. The van der Waals surface area contributed by atoms with Crippen molar-refractivity contribution in [3.63, 3.8) is 0 Å². The first-order chi connectivity index (χ1) is 16.8. The number of fused-ring (bicyclic) bond motifs is 2. The standard InChI is InChI=1S/C26H14Cl2N2O4S/c27-17-9-3-7-15(22(17)28)19-11-12-20(34-19)25(33)30-26(35)29-18-10-4-8-16-21(18)24(32)14-6-2-1-5-13(14)23(16)31/h1-12H,(H2,29,30,33,35). The lowest BCUT2D eigenvalue weighted by atomic mass is 9.83. The highest BCUT2D eigenvalue weighted by Gasteiger charge is 2.31. The van der Waals surface area contributed by atoms with Crippen molar-refractivity contribution in [1.29, 1.82) is 0 Å². The maximum Gasteiger partial charge on any atom is 0.293 e. The summed E-state index contributed by atoms with van der Waals surface area (Å²) in [6, 6.07) is 19.6. The van der Waals surface area contributed by atoms with E-state index in [1.807, 2.05) is 0 Å². The van der Waals surface area contributed by atoms with E-state index in [4.69, 9.17) is 39.8 Å². The predicted octanol–water partition coefficient (Wildman–Crippen LogP) is 6.16. The minimum Gasteiger partial charge on any atom is -0.451 e. The van der Waals surface area contributed by atoms with Gasteiger partial charge in [-0.05, 0) is 42.5 Å². The first kappa shape index (κ1) is 23.0. The van der Waals surface area contributed by atoms with Crippen LogP contribution in [0.5, 0.6) is 0 Å². The molecule has 5 rings (SSSR count). The Bertz CT molecular complexity index is 1560. The maximum absolute atomic E-state index is 13.1. The molecule has 0 fully saturated rings. The molecule has 0 atom stereocenters. The zero-order valence-electron chi connectivity index (χ0n) is 17.7. The van der Waals surface area contributed by atoms with Gasteiger partial charge in [0, 0.05) is 22.3 Å². The Kier molecular flexibility index (Phi) is 5.98. The first-order valence-corrected chi connectivity index (χ1v) is 11.5. The average Bonchev–Trinajstić information content (AvgIpc) is 3.34. The van der Waals surface area contributed by atoms with Crippen LogP contribution in [0.4, 0.5) is 5.69 Å². The van der Waals surface area contributed by atoms with E-state index in [0.717, 1.165) is 0 Å². The Hall–Kier alpha value is -3.78. The van der Waals surface area contributed by atoms with E-state index in [1.165, 1.54) is 6.07 Å². The highest BCUT2D eigenvalue weighted by molar-refractivity contribution is 7.80. The molecule has 0 aliphatic heterocycles. The molecule has 6 nitrogen and oxygen atoms in total. The molecule has 172 valence electrons. The van der Waals surface area contributed by atoms with Crippen molar-refractivity contribution in [3.8, 4) is 11.3 Å². The third-order valence-corrected chi connectivity index (χ3v) is 6.50. The van der Waals surface area contributed by atoms with E-state index in [1.54, 1.807) is 66.7 Å². The molecule has 2 N–H and O–H groups in total. The molecule has 0 spiro atoms. The molecule has 3 aromatic carbocycles. The van der Waals surface area contributed by atoms with Gasteiger partial charge in [-0.1, -0.05) is 65.7 Å². The van der Waals surface area contributed by atoms with Crippen LogP contribution >= 0.6 is 35.4 Å². The summed E-state index contributed by atoms with van der Waals surface area (Å²) < 4.78 is 5.64. The van der Waals surface area contributed by atoms with Gasteiger partial charge in [-0.25, -0.2) is 0 Å². The van der Waals surface area contributed by atoms with Gasteiger partial charge in [0.1, 0.15) is 5.76 Å². The zero-order valence-corrected chi connectivity index (χ0v) is 20.1. The topological polar surface area (TPSA) is 88.4 Å². The number of carbonyl (C=O) groups excluding carboxylic acids is 3. The molecule has 1 aliphatic carbocycles. The van der Waals surface area contributed by atoms with Crippen molar-refractivity contribution < 1.29 is 18.8 Å². The van der Waals surface area contributed by atoms with Crippen LogP contribution in [0.15, 0.2) is 77.2 Å². The van der Waals surface area contributed by atoms with E-state index < -0.39 is 5.91 Å². The number of hydrogen-bond donors (Lipinski definition) is 2. The number of benzene rings is 3. The second-order valence-corrected chi connectivity index (χ2v) is 8.80. The van der Waals surface area contributed by atoms with E-state index in [2.05, 4.69) is 10.6 Å². The number of amides is 1.